The van der Waals surface area contributed by atoms with Crippen LogP contribution in [0.25, 0.3) is 0 Å². The molecule has 1 N–H and O–H groups in total. The molecule has 1 heterocycles. The van der Waals surface area contributed by atoms with Crippen LogP contribution < -0.4 is 0 Å². The van der Waals surface area contributed by atoms with Crippen molar-refractivity contribution in [1.29, 1.82) is 0 Å². The quantitative estimate of drug-likeness (QED) is 0.327. The van der Waals surface area contributed by atoms with Crippen molar-refractivity contribution in [1.82, 2.24) is 9.55 Å². The van der Waals surface area contributed by atoms with Gasteiger partial charge in [0.1, 0.15) is 6.21 Å². The number of imidazole rings is 1. The zero-order chi connectivity index (χ0) is 9.52. The van der Waals surface area contributed by atoms with Gasteiger partial charge in [0.15, 0.2) is 5.82 Å². The van der Waals surface area contributed by atoms with Gasteiger partial charge in [0.2, 0.25) is 0 Å². The zero-order valence-corrected chi connectivity index (χ0v) is 7.17. The molecule has 0 aromatic carbocycles. The predicted molar refractivity (Wildman–Crippen MR) is 50.9 cm³/mol. The highest BCUT2D eigenvalue weighted by Gasteiger charge is 1.95. The summed E-state index contributed by atoms with van der Waals surface area (Å²) in [5.41, 5.74) is 0. The Morgan fingerprint density at radius 3 is 3.23 bits per heavy atom. The molecular formula is C9H11N3O. The van der Waals surface area contributed by atoms with E-state index in [9.17, 15) is 0 Å². The van der Waals surface area contributed by atoms with Crippen LogP contribution >= 0.6 is 0 Å². The van der Waals surface area contributed by atoms with E-state index in [4.69, 9.17) is 5.21 Å². The predicted octanol–water partition coefficient (Wildman–Crippen LogP) is 1.43. The molecule has 0 atom stereocenters. The summed E-state index contributed by atoms with van der Waals surface area (Å²) in [6.07, 6.45) is 10.2. The van der Waals surface area contributed by atoms with E-state index in [2.05, 4.69) is 16.7 Å². The van der Waals surface area contributed by atoms with Crippen molar-refractivity contribution >= 4 is 6.21 Å². The van der Waals surface area contributed by atoms with Gasteiger partial charge in [-0.2, -0.15) is 0 Å². The highest BCUT2D eigenvalue weighted by atomic mass is 16.4. The molecule has 0 saturated carbocycles. The molecule has 4 nitrogen and oxygen atoms in total. The van der Waals surface area contributed by atoms with Gasteiger partial charge in [0.05, 0.1) is 0 Å². The van der Waals surface area contributed by atoms with Crippen LogP contribution in [0.15, 0.2) is 42.4 Å². The molecule has 13 heavy (non-hydrogen) atoms. The number of hydrogen-bond acceptors (Lipinski definition) is 3. The number of oxime groups is 1. The highest BCUT2D eigenvalue weighted by molar-refractivity contribution is 5.74. The Hall–Kier alpha value is -1.84. The van der Waals surface area contributed by atoms with Crippen LogP contribution in [-0.2, 0) is 6.54 Å². The number of nitrogens with zero attached hydrogens (tertiary/aromatic N) is 3. The molecular weight excluding hydrogens is 166 g/mol. The number of allylic oxidation sites excluding steroid dienone is 3. The molecule has 0 amide bonds. The summed E-state index contributed by atoms with van der Waals surface area (Å²) in [6, 6.07) is 0. The summed E-state index contributed by atoms with van der Waals surface area (Å²) in [5.74, 6) is 0.621. The Labute approximate surface area is 76.5 Å². The third-order valence-corrected chi connectivity index (χ3v) is 1.50. The van der Waals surface area contributed by atoms with Gasteiger partial charge in [0, 0.05) is 18.9 Å². The largest absolute Gasteiger partial charge is 0.411 e. The maximum atomic E-state index is 8.32. The number of aromatic nitrogens is 2. The standard InChI is InChI=1S/C9H11N3O/c1-2-3-4-6-12-7-5-10-9(12)8-11-13/h2-5,7-8,13H,1,6H2/b4-3+,11-8+. The fourth-order valence-corrected chi connectivity index (χ4v) is 0.925. The van der Waals surface area contributed by atoms with Crippen LogP contribution in [0.1, 0.15) is 5.82 Å². The monoisotopic (exact) mass is 177 g/mol. The Morgan fingerprint density at radius 2 is 2.54 bits per heavy atom. The molecule has 0 aliphatic carbocycles. The fourth-order valence-electron chi connectivity index (χ4n) is 0.925. The lowest BCUT2D eigenvalue weighted by molar-refractivity contribution is 0.321. The van der Waals surface area contributed by atoms with Crippen molar-refractivity contribution in [2.75, 3.05) is 0 Å². The van der Waals surface area contributed by atoms with E-state index in [-0.39, 0.29) is 0 Å². The SMILES string of the molecule is C=C/C=C/Cn1ccnc1/C=N/O. The summed E-state index contributed by atoms with van der Waals surface area (Å²) in [6.45, 7) is 4.25. The molecule has 0 aliphatic rings. The van der Waals surface area contributed by atoms with E-state index in [1.807, 2.05) is 22.9 Å². The first-order valence-corrected chi connectivity index (χ1v) is 3.84. The lowest BCUT2D eigenvalue weighted by Gasteiger charge is -1.97. The average Bonchev–Trinajstić information content (AvgIpc) is 2.54. The smallest absolute Gasteiger partial charge is 0.154 e. The molecule has 0 fully saturated rings. The molecule has 68 valence electrons. The Balaban J connectivity index is 2.70. The van der Waals surface area contributed by atoms with Crippen molar-refractivity contribution < 1.29 is 5.21 Å². The van der Waals surface area contributed by atoms with E-state index < -0.39 is 0 Å². The second-order valence-corrected chi connectivity index (χ2v) is 2.35. The third-order valence-electron chi connectivity index (χ3n) is 1.50. The molecule has 0 saturated heterocycles. The van der Waals surface area contributed by atoms with Crippen LogP contribution in [0.2, 0.25) is 0 Å². The van der Waals surface area contributed by atoms with Gasteiger partial charge < -0.3 is 9.77 Å². The van der Waals surface area contributed by atoms with Crippen LogP contribution in [0, 0.1) is 0 Å². The van der Waals surface area contributed by atoms with E-state index in [1.165, 1.54) is 6.21 Å². The van der Waals surface area contributed by atoms with Gasteiger partial charge in [-0.05, 0) is 0 Å². The van der Waals surface area contributed by atoms with Gasteiger partial charge in [-0.1, -0.05) is 30.0 Å². The molecule has 0 bridgehead atoms. The summed E-state index contributed by atoms with van der Waals surface area (Å²) >= 11 is 0. The molecule has 1 rings (SSSR count). The Bertz CT molecular complexity index is 325. The second-order valence-electron chi connectivity index (χ2n) is 2.35. The summed E-state index contributed by atoms with van der Waals surface area (Å²) in [4.78, 5) is 3.98. The van der Waals surface area contributed by atoms with Crippen LogP contribution in [-0.4, -0.2) is 21.0 Å². The van der Waals surface area contributed by atoms with Crippen molar-refractivity contribution in [2.45, 2.75) is 6.54 Å². The lowest BCUT2D eigenvalue weighted by Crippen LogP contribution is -2.00. The molecule has 0 radical (unpaired) electrons. The first kappa shape index (κ1) is 9.25. The third kappa shape index (κ3) is 2.59. The summed E-state index contributed by atoms with van der Waals surface area (Å²) < 4.78 is 1.85. The topological polar surface area (TPSA) is 50.4 Å². The van der Waals surface area contributed by atoms with E-state index >= 15 is 0 Å². The van der Waals surface area contributed by atoms with Crippen molar-refractivity contribution in [3.63, 3.8) is 0 Å². The molecule has 4 heteroatoms. The average molecular weight is 177 g/mol. The van der Waals surface area contributed by atoms with Gasteiger partial charge in [-0.15, -0.1) is 0 Å². The van der Waals surface area contributed by atoms with Gasteiger partial charge >= 0.3 is 0 Å². The minimum atomic E-state index is 0.621. The molecule has 0 aliphatic heterocycles. The Kier molecular flexibility index (Phi) is 3.50. The minimum Gasteiger partial charge on any atom is -0.411 e. The van der Waals surface area contributed by atoms with Crippen LogP contribution in [0.5, 0.6) is 0 Å². The van der Waals surface area contributed by atoms with Gasteiger partial charge in [0.25, 0.3) is 0 Å². The van der Waals surface area contributed by atoms with Crippen LogP contribution in [0.3, 0.4) is 0 Å². The maximum Gasteiger partial charge on any atom is 0.154 e. The lowest BCUT2D eigenvalue weighted by atomic mass is 10.4. The second kappa shape index (κ2) is 4.92. The molecule has 1 aromatic rings. The minimum absolute atomic E-state index is 0.621. The van der Waals surface area contributed by atoms with E-state index in [0.717, 1.165) is 0 Å². The molecule has 1 aromatic heterocycles. The van der Waals surface area contributed by atoms with E-state index in [1.54, 1.807) is 12.3 Å². The van der Waals surface area contributed by atoms with Crippen molar-refractivity contribution in [2.24, 2.45) is 5.16 Å². The summed E-state index contributed by atoms with van der Waals surface area (Å²) in [5, 5.41) is 11.2. The maximum absolute atomic E-state index is 8.32. The zero-order valence-electron chi connectivity index (χ0n) is 7.17. The number of rotatable bonds is 4. The van der Waals surface area contributed by atoms with Gasteiger partial charge in [-0.25, -0.2) is 4.98 Å². The van der Waals surface area contributed by atoms with E-state index in [0.29, 0.717) is 12.4 Å². The highest BCUT2D eigenvalue weighted by Crippen LogP contribution is 1.94. The van der Waals surface area contributed by atoms with Crippen molar-refractivity contribution in [3.8, 4) is 0 Å². The normalized spacial score (nSPS) is 11.4. The Morgan fingerprint density at radius 1 is 1.69 bits per heavy atom. The summed E-state index contributed by atoms with van der Waals surface area (Å²) in [7, 11) is 0. The van der Waals surface area contributed by atoms with Crippen molar-refractivity contribution in [3.05, 3.63) is 43.0 Å². The fraction of sp³-hybridized carbons (Fsp3) is 0.111. The van der Waals surface area contributed by atoms with Crippen LogP contribution in [0.4, 0.5) is 0 Å². The van der Waals surface area contributed by atoms with Gasteiger partial charge in [-0.3, -0.25) is 0 Å². The number of hydrogen-bond donors (Lipinski definition) is 1. The first-order valence-electron chi connectivity index (χ1n) is 3.84. The molecule has 0 unspecified atom stereocenters. The first-order chi connectivity index (χ1) is 6.38. The molecule has 0 spiro atoms.